The van der Waals surface area contributed by atoms with Gasteiger partial charge >= 0.3 is 5.97 Å². The molecule has 1 aromatic heterocycles. The van der Waals surface area contributed by atoms with Crippen LogP contribution in [0, 0.1) is 0 Å². The number of anilines is 1. The lowest BCUT2D eigenvalue weighted by molar-refractivity contribution is -0.116. The second-order valence-corrected chi connectivity index (χ2v) is 5.82. The van der Waals surface area contributed by atoms with Crippen molar-refractivity contribution in [2.75, 3.05) is 12.4 Å². The van der Waals surface area contributed by atoms with E-state index in [0.29, 0.717) is 5.02 Å². The van der Waals surface area contributed by atoms with Crippen LogP contribution < -0.4 is 5.32 Å². The molecule has 0 bridgehead atoms. The lowest BCUT2D eigenvalue weighted by atomic mass is 10.1. The highest BCUT2D eigenvalue weighted by Crippen LogP contribution is 2.28. The van der Waals surface area contributed by atoms with Gasteiger partial charge in [-0.25, -0.2) is 4.79 Å². The van der Waals surface area contributed by atoms with Crippen LogP contribution in [-0.2, 0) is 16.1 Å². The number of benzene rings is 2. The van der Waals surface area contributed by atoms with Crippen molar-refractivity contribution in [3.63, 3.8) is 0 Å². The number of aromatic hydroxyl groups is 1. The molecule has 6 nitrogen and oxygen atoms in total. The topological polar surface area (TPSA) is 80.6 Å². The van der Waals surface area contributed by atoms with Crippen LogP contribution in [-0.4, -0.2) is 28.7 Å². The number of ether oxygens (including phenoxy) is 1. The maximum Gasteiger partial charge on any atom is 0.341 e. The summed E-state index contributed by atoms with van der Waals surface area (Å²) in [7, 11) is 1.22. The van der Waals surface area contributed by atoms with Crippen LogP contribution in [0.4, 0.5) is 5.69 Å². The largest absolute Gasteiger partial charge is 0.505 e. The molecule has 2 aromatic carbocycles. The first-order valence-corrected chi connectivity index (χ1v) is 7.82. The molecular formula is C18H15ClN2O4. The quantitative estimate of drug-likeness (QED) is 0.553. The number of phenols is 1. The van der Waals surface area contributed by atoms with Gasteiger partial charge in [0.05, 0.1) is 12.8 Å². The normalized spacial score (nSPS) is 10.6. The van der Waals surface area contributed by atoms with Gasteiger partial charge in [-0.2, -0.15) is 0 Å². The number of para-hydroxylation sites is 1. The SMILES string of the molecule is COC(=O)c1cccc(NC(=O)Cn2ccc3ccc(Cl)cc32)c1O. The van der Waals surface area contributed by atoms with Gasteiger partial charge in [-0.15, -0.1) is 0 Å². The van der Waals surface area contributed by atoms with Gasteiger partial charge < -0.3 is 19.7 Å². The second kappa shape index (κ2) is 6.86. The molecule has 0 atom stereocenters. The van der Waals surface area contributed by atoms with Gasteiger partial charge in [-0.05, 0) is 35.7 Å². The number of amides is 1. The minimum atomic E-state index is -0.681. The van der Waals surface area contributed by atoms with Crippen molar-refractivity contribution in [1.82, 2.24) is 4.57 Å². The predicted molar refractivity (Wildman–Crippen MR) is 95.0 cm³/mol. The number of phenolic OH excluding ortho intramolecular Hbond substituents is 1. The van der Waals surface area contributed by atoms with E-state index in [-0.39, 0.29) is 29.5 Å². The van der Waals surface area contributed by atoms with E-state index < -0.39 is 5.97 Å². The average Bonchev–Trinajstić information content (AvgIpc) is 2.98. The zero-order chi connectivity index (χ0) is 18.0. The fourth-order valence-electron chi connectivity index (χ4n) is 2.56. The zero-order valence-electron chi connectivity index (χ0n) is 13.3. The highest BCUT2D eigenvalue weighted by Gasteiger charge is 2.16. The standard InChI is InChI=1S/C18H15ClN2O4/c1-25-18(24)13-3-2-4-14(17(13)23)20-16(22)10-21-8-7-11-5-6-12(19)9-15(11)21/h2-9,23H,10H2,1H3,(H,20,22). The molecule has 0 fully saturated rings. The van der Waals surface area contributed by atoms with Crippen LogP contribution in [0.5, 0.6) is 5.75 Å². The third-order valence-electron chi connectivity index (χ3n) is 3.77. The number of nitrogens with one attached hydrogen (secondary N) is 1. The highest BCUT2D eigenvalue weighted by atomic mass is 35.5. The molecule has 25 heavy (non-hydrogen) atoms. The molecule has 2 N–H and O–H groups in total. The summed E-state index contributed by atoms with van der Waals surface area (Å²) in [6.07, 6.45) is 1.78. The molecule has 3 aromatic rings. The van der Waals surface area contributed by atoms with Crippen LogP contribution in [0.25, 0.3) is 10.9 Å². The maximum atomic E-state index is 12.3. The molecule has 0 aliphatic heterocycles. The molecule has 7 heteroatoms. The number of carbonyl (C=O) groups excluding carboxylic acids is 2. The Morgan fingerprint density at radius 3 is 2.80 bits per heavy atom. The molecule has 1 heterocycles. The lowest BCUT2D eigenvalue weighted by Gasteiger charge is -2.11. The summed E-state index contributed by atoms with van der Waals surface area (Å²) in [6, 6.07) is 11.8. The summed E-state index contributed by atoms with van der Waals surface area (Å²) in [4.78, 5) is 23.9. The number of aromatic nitrogens is 1. The molecule has 0 unspecified atom stereocenters. The van der Waals surface area contributed by atoms with Crippen molar-refractivity contribution in [3.8, 4) is 5.75 Å². The number of esters is 1. The molecule has 0 radical (unpaired) electrons. The molecule has 0 saturated heterocycles. The Hall–Kier alpha value is -2.99. The van der Waals surface area contributed by atoms with Crippen LogP contribution in [0.2, 0.25) is 5.02 Å². The minimum Gasteiger partial charge on any atom is -0.505 e. The summed E-state index contributed by atoms with van der Waals surface area (Å²) in [5.74, 6) is -1.36. The Bertz CT molecular complexity index is 965. The van der Waals surface area contributed by atoms with Gasteiger partial charge in [0.15, 0.2) is 5.75 Å². The molecule has 128 valence electrons. The highest BCUT2D eigenvalue weighted by molar-refractivity contribution is 6.31. The third-order valence-corrected chi connectivity index (χ3v) is 4.00. The fraction of sp³-hybridized carbons (Fsp3) is 0.111. The fourth-order valence-corrected chi connectivity index (χ4v) is 2.72. The number of hydrogen-bond donors (Lipinski definition) is 2. The Morgan fingerprint density at radius 2 is 2.04 bits per heavy atom. The van der Waals surface area contributed by atoms with E-state index in [9.17, 15) is 14.7 Å². The number of hydrogen-bond acceptors (Lipinski definition) is 4. The van der Waals surface area contributed by atoms with Crippen molar-refractivity contribution >= 4 is 40.1 Å². The first kappa shape index (κ1) is 16.9. The second-order valence-electron chi connectivity index (χ2n) is 5.39. The van der Waals surface area contributed by atoms with E-state index in [2.05, 4.69) is 10.1 Å². The van der Waals surface area contributed by atoms with E-state index in [1.54, 1.807) is 29.0 Å². The first-order valence-electron chi connectivity index (χ1n) is 7.44. The van der Waals surface area contributed by atoms with Gasteiger partial charge in [0.25, 0.3) is 0 Å². The minimum absolute atomic E-state index is 0.0153. The van der Waals surface area contributed by atoms with Crippen LogP contribution in [0.1, 0.15) is 10.4 Å². The van der Waals surface area contributed by atoms with Crippen molar-refractivity contribution in [3.05, 3.63) is 59.2 Å². The van der Waals surface area contributed by atoms with E-state index >= 15 is 0 Å². The molecule has 0 spiro atoms. The lowest BCUT2D eigenvalue weighted by Crippen LogP contribution is -2.18. The van der Waals surface area contributed by atoms with Crippen LogP contribution in [0.15, 0.2) is 48.7 Å². The number of carbonyl (C=O) groups is 2. The number of halogens is 1. The van der Waals surface area contributed by atoms with Gasteiger partial charge in [0.2, 0.25) is 5.91 Å². The number of fused-ring (bicyclic) bond motifs is 1. The Morgan fingerprint density at radius 1 is 1.24 bits per heavy atom. The predicted octanol–water partition coefficient (Wildman–Crippen LogP) is 3.43. The number of nitrogens with zero attached hydrogens (tertiary/aromatic N) is 1. The Kier molecular flexibility index (Phi) is 4.63. The number of methoxy groups -OCH3 is 1. The average molecular weight is 359 g/mol. The first-order chi connectivity index (χ1) is 12.0. The van der Waals surface area contributed by atoms with E-state index in [0.717, 1.165) is 10.9 Å². The van der Waals surface area contributed by atoms with Crippen LogP contribution >= 0.6 is 11.6 Å². The molecule has 1 amide bonds. The Balaban J connectivity index is 1.81. The van der Waals surface area contributed by atoms with E-state index in [4.69, 9.17) is 11.6 Å². The molecule has 3 rings (SSSR count). The van der Waals surface area contributed by atoms with Gasteiger partial charge in [0.1, 0.15) is 12.1 Å². The summed E-state index contributed by atoms with van der Waals surface area (Å²) < 4.78 is 6.34. The molecule has 0 saturated carbocycles. The Labute approximate surface area is 148 Å². The molecule has 0 aliphatic carbocycles. The molecule has 0 aliphatic rings. The van der Waals surface area contributed by atoms with Gasteiger partial charge in [-0.1, -0.05) is 23.7 Å². The smallest absolute Gasteiger partial charge is 0.341 e. The van der Waals surface area contributed by atoms with E-state index in [1.807, 2.05) is 12.1 Å². The van der Waals surface area contributed by atoms with Gasteiger partial charge in [-0.3, -0.25) is 4.79 Å². The summed E-state index contributed by atoms with van der Waals surface area (Å²) in [6.45, 7) is 0.0335. The zero-order valence-corrected chi connectivity index (χ0v) is 14.1. The third kappa shape index (κ3) is 3.44. The van der Waals surface area contributed by atoms with E-state index in [1.165, 1.54) is 19.2 Å². The monoisotopic (exact) mass is 358 g/mol. The summed E-state index contributed by atoms with van der Waals surface area (Å²) in [5, 5.41) is 14.3. The van der Waals surface area contributed by atoms with Crippen molar-refractivity contribution in [2.24, 2.45) is 0 Å². The molecular weight excluding hydrogens is 344 g/mol. The van der Waals surface area contributed by atoms with Crippen molar-refractivity contribution in [2.45, 2.75) is 6.54 Å². The summed E-state index contributed by atoms with van der Waals surface area (Å²) >= 11 is 6.00. The maximum absolute atomic E-state index is 12.3. The van der Waals surface area contributed by atoms with Crippen molar-refractivity contribution < 1.29 is 19.4 Å². The number of rotatable bonds is 4. The van der Waals surface area contributed by atoms with Gasteiger partial charge in [0, 0.05) is 16.7 Å². The van der Waals surface area contributed by atoms with Crippen molar-refractivity contribution in [1.29, 1.82) is 0 Å². The van der Waals surface area contributed by atoms with Crippen LogP contribution in [0.3, 0.4) is 0 Å². The summed E-state index contributed by atoms with van der Waals surface area (Å²) in [5.41, 5.74) is 0.955.